The molecule has 0 saturated heterocycles. The van der Waals surface area contributed by atoms with Crippen LogP contribution in [0.1, 0.15) is 28.8 Å². The maximum Gasteiger partial charge on any atom is 0.419 e. The van der Waals surface area contributed by atoms with Crippen LogP contribution < -0.4 is 5.49 Å². The topological polar surface area (TPSA) is 34.4 Å². The van der Waals surface area contributed by atoms with Crippen molar-refractivity contribution in [1.29, 1.82) is 0 Å². The largest absolute Gasteiger partial charge is 0.419 e. The number of carbonyl (C=O) groups is 1. The highest BCUT2D eigenvalue weighted by Gasteiger charge is 2.35. The Bertz CT molecular complexity index is 835. The fourth-order valence-electron chi connectivity index (χ4n) is 2.38. The highest BCUT2D eigenvalue weighted by Crippen LogP contribution is 2.32. The lowest BCUT2D eigenvalue weighted by molar-refractivity contribution is -0.140. The van der Waals surface area contributed by atoms with E-state index in [0.717, 1.165) is 25.0 Å². The minimum Gasteiger partial charge on any atom is -0.333 e. The summed E-state index contributed by atoms with van der Waals surface area (Å²) in [6.07, 6.45) is -0.930. The van der Waals surface area contributed by atoms with Crippen LogP contribution in [0.3, 0.4) is 0 Å². The van der Waals surface area contributed by atoms with Crippen LogP contribution in [0.15, 0.2) is 47.6 Å². The quantitative estimate of drug-likeness (QED) is 0.784. The molecule has 1 aliphatic rings. The highest BCUT2D eigenvalue weighted by atomic mass is 19.4. The number of halogens is 4. The first-order chi connectivity index (χ1) is 11.4. The lowest BCUT2D eigenvalue weighted by Gasteiger charge is -2.09. The van der Waals surface area contributed by atoms with Gasteiger partial charge in [-0.05, 0) is 43.0 Å². The molecule has 0 spiro atoms. The Morgan fingerprint density at radius 1 is 1.17 bits per heavy atom. The van der Waals surface area contributed by atoms with E-state index in [-0.39, 0.29) is 0 Å². The van der Waals surface area contributed by atoms with E-state index in [9.17, 15) is 22.4 Å². The van der Waals surface area contributed by atoms with Crippen LogP contribution in [0.2, 0.25) is 0 Å². The minimum atomic E-state index is -4.86. The van der Waals surface area contributed by atoms with Gasteiger partial charge in [-0.1, -0.05) is 12.1 Å². The normalized spacial score (nSPS) is 15.6. The van der Waals surface area contributed by atoms with Crippen molar-refractivity contribution < 1.29 is 22.4 Å². The third kappa shape index (κ3) is 3.55. The van der Waals surface area contributed by atoms with Gasteiger partial charge in [0.05, 0.1) is 11.1 Å². The Morgan fingerprint density at radius 2 is 1.92 bits per heavy atom. The predicted molar refractivity (Wildman–Crippen MR) is 78.5 cm³/mol. The van der Waals surface area contributed by atoms with Crippen molar-refractivity contribution in [3.8, 4) is 0 Å². The summed E-state index contributed by atoms with van der Waals surface area (Å²) >= 11 is 0. The lowest BCUT2D eigenvalue weighted by Crippen LogP contribution is -2.23. The van der Waals surface area contributed by atoms with Gasteiger partial charge in [0.15, 0.2) is 0 Å². The van der Waals surface area contributed by atoms with Gasteiger partial charge in [0.2, 0.25) is 0 Å². The summed E-state index contributed by atoms with van der Waals surface area (Å²) in [5, 5.41) is 0. The van der Waals surface area contributed by atoms with Crippen molar-refractivity contribution in [2.75, 3.05) is 0 Å². The molecule has 24 heavy (non-hydrogen) atoms. The summed E-state index contributed by atoms with van der Waals surface area (Å²) in [4.78, 5) is 16.0. The van der Waals surface area contributed by atoms with E-state index in [1.165, 1.54) is 0 Å². The molecule has 0 unspecified atom stereocenters. The second kappa shape index (κ2) is 6.22. The molecule has 2 aromatic rings. The van der Waals surface area contributed by atoms with Gasteiger partial charge < -0.3 is 4.57 Å². The van der Waals surface area contributed by atoms with Crippen LogP contribution in [0.5, 0.6) is 0 Å². The molecule has 126 valence electrons. The second-order valence-corrected chi connectivity index (χ2v) is 5.74. The maximum atomic E-state index is 14.0. The van der Waals surface area contributed by atoms with Crippen LogP contribution in [0, 0.1) is 11.7 Å². The van der Waals surface area contributed by atoms with Crippen LogP contribution in [0.4, 0.5) is 17.6 Å². The van der Waals surface area contributed by atoms with Gasteiger partial charge in [-0.15, -0.1) is 0 Å². The summed E-state index contributed by atoms with van der Waals surface area (Å²) in [6, 6.07) is 7.62. The Morgan fingerprint density at radius 3 is 2.58 bits per heavy atom. The van der Waals surface area contributed by atoms with E-state index in [4.69, 9.17) is 0 Å². The molecule has 1 fully saturated rings. The third-order valence-corrected chi connectivity index (χ3v) is 3.82. The molecule has 1 saturated carbocycles. The first-order valence-electron chi connectivity index (χ1n) is 7.46. The molecule has 1 aromatic heterocycles. The standard InChI is InChI=1S/C17H14F4N2O/c18-15-12(4-3-5-13(15)17(19,20)21)16(24)22-14-6-1-2-9-23(14)10-11-7-8-11/h1-6,9,11H,7-8,10H2. The fourth-order valence-corrected chi connectivity index (χ4v) is 2.38. The number of benzene rings is 1. The molecule has 0 bridgehead atoms. The average Bonchev–Trinajstić information content (AvgIpc) is 3.32. The van der Waals surface area contributed by atoms with Crippen molar-refractivity contribution >= 4 is 5.91 Å². The summed E-state index contributed by atoms with van der Waals surface area (Å²) in [6.45, 7) is 0.679. The molecule has 1 aromatic carbocycles. The Balaban J connectivity index is 1.99. The Labute approximate surface area is 135 Å². The number of hydrogen-bond donors (Lipinski definition) is 0. The number of rotatable bonds is 3. The monoisotopic (exact) mass is 338 g/mol. The molecule has 1 amide bonds. The molecule has 0 radical (unpaired) electrons. The number of amides is 1. The first-order valence-corrected chi connectivity index (χ1v) is 7.46. The number of hydrogen-bond acceptors (Lipinski definition) is 1. The molecule has 0 atom stereocenters. The number of pyridine rings is 1. The van der Waals surface area contributed by atoms with Crippen LogP contribution >= 0.6 is 0 Å². The summed E-state index contributed by atoms with van der Waals surface area (Å²) in [5.74, 6) is -2.11. The first kappa shape index (κ1) is 16.4. The third-order valence-electron chi connectivity index (χ3n) is 3.82. The molecular weight excluding hydrogens is 324 g/mol. The minimum absolute atomic E-state index is 0.297. The van der Waals surface area contributed by atoms with Gasteiger partial charge in [0.25, 0.3) is 5.91 Å². The van der Waals surface area contributed by atoms with Gasteiger partial charge in [0.1, 0.15) is 11.3 Å². The summed E-state index contributed by atoms with van der Waals surface area (Å²) in [5.41, 5.74) is -1.86. The Hall–Kier alpha value is -2.44. The molecule has 1 aliphatic carbocycles. The zero-order valence-corrected chi connectivity index (χ0v) is 12.6. The van der Waals surface area contributed by atoms with Crippen molar-refractivity contribution in [2.24, 2.45) is 10.9 Å². The Kier molecular flexibility index (Phi) is 4.26. The smallest absolute Gasteiger partial charge is 0.333 e. The SMILES string of the molecule is O=C(N=c1ccccn1CC1CC1)c1cccc(C(F)(F)F)c1F. The molecule has 0 aliphatic heterocycles. The van der Waals surface area contributed by atoms with E-state index in [0.29, 0.717) is 24.0 Å². The van der Waals surface area contributed by atoms with Crippen molar-refractivity contribution in [3.05, 3.63) is 65.0 Å². The van der Waals surface area contributed by atoms with E-state index in [1.54, 1.807) is 29.0 Å². The van der Waals surface area contributed by atoms with Gasteiger partial charge >= 0.3 is 6.18 Å². The van der Waals surface area contributed by atoms with Crippen molar-refractivity contribution in [2.45, 2.75) is 25.6 Å². The number of nitrogens with zero attached hydrogens (tertiary/aromatic N) is 2. The van der Waals surface area contributed by atoms with Crippen LogP contribution in [-0.2, 0) is 12.7 Å². The van der Waals surface area contributed by atoms with Gasteiger partial charge in [-0.25, -0.2) is 4.39 Å². The maximum absolute atomic E-state index is 14.0. The average molecular weight is 338 g/mol. The number of carbonyl (C=O) groups excluding carboxylic acids is 1. The second-order valence-electron chi connectivity index (χ2n) is 5.74. The summed E-state index contributed by atoms with van der Waals surface area (Å²) in [7, 11) is 0. The molecular formula is C17H14F4N2O. The fraction of sp³-hybridized carbons (Fsp3) is 0.294. The van der Waals surface area contributed by atoms with Crippen molar-refractivity contribution in [1.82, 2.24) is 4.57 Å². The zero-order valence-electron chi connectivity index (χ0n) is 12.6. The number of alkyl halides is 3. The van der Waals surface area contributed by atoms with E-state index >= 15 is 0 Å². The highest BCUT2D eigenvalue weighted by molar-refractivity contribution is 5.95. The lowest BCUT2D eigenvalue weighted by atomic mass is 10.1. The molecule has 7 heteroatoms. The van der Waals surface area contributed by atoms with Gasteiger partial charge in [-0.2, -0.15) is 18.2 Å². The van der Waals surface area contributed by atoms with Crippen molar-refractivity contribution in [3.63, 3.8) is 0 Å². The van der Waals surface area contributed by atoms with E-state index in [2.05, 4.69) is 4.99 Å². The van der Waals surface area contributed by atoms with Crippen LogP contribution in [0.25, 0.3) is 0 Å². The molecule has 3 nitrogen and oxygen atoms in total. The molecule has 1 heterocycles. The zero-order chi connectivity index (χ0) is 17.3. The van der Waals surface area contributed by atoms with E-state index in [1.807, 2.05) is 0 Å². The van der Waals surface area contributed by atoms with Gasteiger partial charge in [-0.3, -0.25) is 4.79 Å². The summed E-state index contributed by atoms with van der Waals surface area (Å²) < 4.78 is 54.0. The molecule has 0 N–H and O–H groups in total. The number of aromatic nitrogens is 1. The van der Waals surface area contributed by atoms with E-state index < -0.39 is 29.0 Å². The van der Waals surface area contributed by atoms with Gasteiger partial charge in [0, 0.05) is 12.7 Å². The molecule has 3 rings (SSSR count). The predicted octanol–water partition coefficient (Wildman–Crippen LogP) is 3.80. The van der Waals surface area contributed by atoms with Crippen LogP contribution in [-0.4, -0.2) is 10.5 Å².